The SMILES string of the molecule is CN(C)c1cc(F)c2c(c1)Sc1cc(N3CCOCC3)ccc1N2.Cl. The van der Waals surface area contributed by atoms with Crippen LogP contribution in [0.4, 0.5) is 27.1 Å². The van der Waals surface area contributed by atoms with Crippen molar-refractivity contribution in [1.29, 1.82) is 0 Å². The molecule has 0 aliphatic carbocycles. The molecule has 2 aromatic carbocycles. The Balaban J connectivity index is 0.00000182. The highest BCUT2D eigenvalue weighted by molar-refractivity contribution is 7.99. The number of rotatable bonds is 2. The molecule has 0 amide bonds. The molecule has 2 aromatic rings. The van der Waals surface area contributed by atoms with Crippen LogP contribution in [0.2, 0.25) is 0 Å². The van der Waals surface area contributed by atoms with Crippen molar-refractivity contribution in [2.24, 2.45) is 0 Å². The number of hydrogen-bond acceptors (Lipinski definition) is 5. The molecule has 0 radical (unpaired) electrons. The van der Waals surface area contributed by atoms with Gasteiger partial charge in [-0.1, -0.05) is 11.8 Å². The summed E-state index contributed by atoms with van der Waals surface area (Å²) in [4.78, 5) is 6.30. The fraction of sp³-hybridized carbons (Fsp3) is 0.333. The minimum Gasteiger partial charge on any atom is -0.378 e. The third-order valence-electron chi connectivity index (χ3n) is 4.38. The fourth-order valence-corrected chi connectivity index (χ4v) is 4.07. The van der Waals surface area contributed by atoms with E-state index in [2.05, 4.69) is 22.3 Å². The Hall–Kier alpha value is -1.63. The van der Waals surface area contributed by atoms with Crippen molar-refractivity contribution in [3.63, 3.8) is 0 Å². The third-order valence-corrected chi connectivity index (χ3v) is 5.48. The molecule has 0 bridgehead atoms. The highest BCUT2D eigenvalue weighted by atomic mass is 35.5. The van der Waals surface area contributed by atoms with Gasteiger partial charge in [-0.3, -0.25) is 0 Å². The Morgan fingerprint density at radius 1 is 1.12 bits per heavy atom. The first-order valence-electron chi connectivity index (χ1n) is 8.04. The van der Waals surface area contributed by atoms with Crippen LogP contribution in [0, 0.1) is 5.82 Å². The average Bonchev–Trinajstić information content (AvgIpc) is 2.60. The number of anilines is 4. The van der Waals surface area contributed by atoms with Crippen LogP contribution in [0.1, 0.15) is 0 Å². The number of morpholine rings is 1. The van der Waals surface area contributed by atoms with Crippen LogP contribution in [0.25, 0.3) is 0 Å². The van der Waals surface area contributed by atoms with Crippen molar-refractivity contribution in [2.75, 3.05) is 55.5 Å². The maximum atomic E-state index is 14.4. The summed E-state index contributed by atoms with van der Waals surface area (Å²) in [5.74, 6) is -0.216. The molecule has 0 unspecified atom stereocenters. The zero-order valence-corrected chi connectivity index (χ0v) is 15.8. The molecule has 2 aliphatic heterocycles. The molecule has 2 heterocycles. The zero-order chi connectivity index (χ0) is 16.7. The fourth-order valence-electron chi connectivity index (χ4n) is 3.00. The summed E-state index contributed by atoms with van der Waals surface area (Å²) in [5.41, 5.74) is 3.59. The minimum atomic E-state index is -0.216. The average molecular weight is 382 g/mol. The summed E-state index contributed by atoms with van der Waals surface area (Å²) < 4.78 is 19.9. The first kappa shape index (κ1) is 18.2. The molecule has 1 saturated heterocycles. The summed E-state index contributed by atoms with van der Waals surface area (Å²) >= 11 is 1.62. The lowest BCUT2D eigenvalue weighted by molar-refractivity contribution is 0.122. The Morgan fingerprint density at radius 2 is 1.88 bits per heavy atom. The van der Waals surface area contributed by atoms with E-state index in [1.807, 2.05) is 31.1 Å². The Morgan fingerprint density at radius 3 is 2.60 bits per heavy atom. The highest BCUT2D eigenvalue weighted by Gasteiger charge is 2.22. The number of fused-ring (bicyclic) bond motifs is 2. The lowest BCUT2D eigenvalue weighted by Crippen LogP contribution is -2.36. The van der Waals surface area contributed by atoms with Crippen LogP contribution in [-0.4, -0.2) is 40.4 Å². The largest absolute Gasteiger partial charge is 0.378 e. The van der Waals surface area contributed by atoms with Gasteiger partial charge < -0.3 is 19.9 Å². The molecule has 1 N–H and O–H groups in total. The van der Waals surface area contributed by atoms with Crippen molar-refractivity contribution >= 4 is 46.9 Å². The van der Waals surface area contributed by atoms with E-state index >= 15 is 0 Å². The van der Waals surface area contributed by atoms with Crippen LogP contribution >= 0.6 is 24.2 Å². The van der Waals surface area contributed by atoms with Gasteiger partial charge in [-0.25, -0.2) is 4.39 Å². The van der Waals surface area contributed by atoms with E-state index in [1.54, 1.807) is 17.8 Å². The molecule has 25 heavy (non-hydrogen) atoms. The summed E-state index contributed by atoms with van der Waals surface area (Å²) in [6.45, 7) is 3.35. The van der Waals surface area contributed by atoms with E-state index in [9.17, 15) is 4.39 Å². The zero-order valence-electron chi connectivity index (χ0n) is 14.2. The molecule has 7 heteroatoms. The lowest BCUT2D eigenvalue weighted by Gasteiger charge is -2.30. The molecular weight excluding hydrogens is 361 g/mol. The molecule has 0 aromatic heterocycles. The first-order valence-corrected chi connectivity index (χ1v) is 8.86. The van der Waals surface area contributed by atoms with Gasteiger partial charge in [-0.05, 0) is 30.3 Å². The van der Waals surface area contributed by atoms with Crippen LogP contribution in [0.5, 0.6) is 0 Å². The Labute approximate surface area is 157 Å². The highest BCUT2D eigenvalue weighted by Crippen LogP contribution is 2.47. The lowest BCUT2D eigenvalue weighted by atomic mass is 10.2. The first-order chi connectivity index (χ1) is 11.6. The van der Waals surface area contributed by atoms with E-state index in [4.69, 9.17) is 4.74 Å². The second-order valence-corrected chi connectivity index (χ2v) is 7.29. The van der Waals surface area contributed by atoms with Gasteiger partial charge in [-0.2, -0.15) is 0 Å². The quantitative estimate of drug-likeness (QED) is 0.712. The molecule has 2 aliphatic rings. The van der Waals surface area contributed by atoms with E-state index in [-0.39, 0.29) is 18.2 Å². The minimum absolute atomic E-state index is 0. The number of nitrogens with one attached hydrogen (secondary N) is 1. The number of hydrogen-bond donors (Lipinski definition) is 1. The maximum absolute atomic E-state index is 14.4. The predicted molar refractivity (Wildman–Crippen MR) is 105 cm³/mol. The summed E-state index contributed by atoms with van der Waals surface area (Å²) in [6.07, 6.45) is 0. The number of nitrogens with zero attached hydrogens (tertiary/aromatic N) is 2. The smallest absolute Gasteiger partial charge is 0.149 e. The number of halogens is 2. The number of benzene rings is 2. The van der Waals surface area contributed by atoms with Crippen molar-refractivity contribution in [2.45, 2.75) is 9.79 Å². The van der Waals surface area contributed by atoms with E-state index in [0.29, 0.717) is 5.69 Å². The molecule has 1 fully saturated rings. The van der Waals surface area contributed by atoms with Crippen molar-refractivity contribution < 1.29 is 9.13 Å². The van der Waals surface area contributed by atoms with E-state index in [0.717, 1.165) is 47.5 Å². The van der Waals surface area contributed by atoms with Crippen LogP contribution in [-0.2, 0) is 4.74 Å². The van der Waals surface area contributed by atoms with Gasteiger partial charge in [0, 0.05) is 48.4 Å². The third kappa shape index (κ3) is 3.52. The van der Waals surface area contributed by atoms with Gasteiger partial charge in [0.15, 0.2) is 0 Å². The molecule has 134 valence electrons. The number of ether oxygens (including phenoxy) is 1. The van der Waals surface area contributed by atoms with Gasteiger partial charge in [0.2, 0.25) is 0 Å². The van der Waals surface area contributed by atoms with Gasteiger partial charge in [0.1, 0.15) is 5.82 Å². The van der Waals surface area contributed by atoms with E-state index in [1.165, 1.54) is 5.69 Å². The van der Waals surface area contributed by atoms with Gasteiger partial charge in [-0.15, -0.1) is 12.4 Å². The summed E-state index contributed by atoms with van der Waals surface area (Å²) in [7, 11) is 3.85. The molecule has 4 nitrogen and oxygen atoms in total. The van der Waals surface area contributed by atoms with Gasteiger partial charge in [0.25, 0.3) is 0 Å². The monoisotopic (exact) mass is 381 g/mol. The standard InChI is InChI=1S/C18H20FN3OS.ClH/c1-21(2)13-9-14(19)18-17(11-13)24-16-10-12(3-4-15(16)20-18)22-5-7-23-8-6-22;/h3-4,9-11,20H,5-8H2,1-2H3;1H. The Kier molecular flexibility index (Phi) is 5.32. The summed E-state index contributed by atoms with van der Waals surface area (Å²) in [6, 6.07) is 9.91. The van der Waals surface area contributed by atoms with Crippen molar-refractivity contribution in [3.8, 4) is 0 Å². The van der Waals surface area contributed by atoms with Crippen LogP contribution in [0.15, 0.2) is 40.1 Å². The summed E-state index contributed by atoms with van der Waals surface area (Å²) in [5, 5.41) is 3.25. The molecule has 0 spiro atoms. The van der Waals surface area contributed by atoms with Crippen molar-refractivity contribution in [1.82, 2.24) is 0 Å². The van der Waals surface area contributed by atoms with Gasteiger partial charge >= 0.3 is 0 Å². The second-order valence-electron chi connectivity index (χ2n) is 6.20. The molecule has 0 saturated carbocycles. The van der Waals surface area contributed by atoms with E-state index < -0.39 is 0 Å². The predicted octanol–water partition coefficient (Wildman–Crippen LogP) is 4.36. The van der Waals surface area contributed by atoms with Gasteiger partial charge in [0.05, 0.1) is 24.6 Å². The van der Waals surface area contributed by atoms with Crippen LogP contribution in [0.3, 0.4) is 0 Å². The maximum Gasteiger partial charge on any atom is 0.149 e. The molecule has 4 rings (SSSR count). The normalized spacial score (nSPS) is 15.6. The molecule has 0 atom stereocenters. The second kappa shape index (κ2) is 7.32. The van der Waals surface area contributed by atoms with Crippen molar-refractivity contribution in [3.05, 3.63) is 36.1 Å². The Bertz CT molecular complexity index is 781. The molecular formula is C18H21ClFN3OS. The topological polar surface area (TPSA) is 27.7 Å². The van der Waals surface area contributed by atoms with Crippen LogP contribution < -0.4 is 15.1 Å².